The number of aliphatic hydroxyl groups is 1. The van der Waals surface area contributed by atoms with Crippen LogP contribution in [0.15, 0.2) is 30.5 Å². The molecule has 0 amide bonds. The number of hydrogen-bond acceptors (Lipinski definition) is 3. The van der Waals surface area contributed by atoms with Gasteiger partial charge in [0.15, 0.2) is 0 Å². The second kappa shape index (κ2) is 6.04. The van der Waals surface area contributed by atoms with E-state index >= 15 is 0 Å². The van der Waals surface area contributed by atoms with Crippen LogP contribution >= 0.6 is 11.6 Å². The zero-order chi connectivity index (χ0) is 15.6. The molecule has 1 aromatic carbocycles. The number of hydrogen-bond donors (Lipinski definition) is 1. The molecule has 0 aliphatic heterocycles. The summed E-state index contributed by atoms with van der Waals surface area (Å²) in [6, 6.07) is 7.81. The van der Waals surface area contributed by atoms with Gasteiger partial charge in [0.05, 0.1) is 11.6 Å². The summed E-state index contributed by atoms with van der Waals surface area (Å²) in [6.45, 7) is 8.29. The number of nitrogens with zero attached hydrogens (tertiary/aromatic N) is 1. The SMILES string of the molecule is Cc1ccc(C(C)(C)C)c(Oc2cc(CO)c(Cl)cn2)c1. The average Bonchev–Trinajstić information content (AvgIpc) is 2.39. The molecular formula is C17H20ClNO2. The van der Waals surface area contributed by atoms with Crippen molar-refractivity contribution in [2.75, 3.05) is 0 Å². The first kappa shape index (κ1) is 15.8. The van der Waals surface area contributed by atoms with E-state index in [2.05, 4.69) is 37.9 Å². The maximum Gasteiger partial charge on any atom is 0.219 e. The molecule has 3 nitrogen and oxygen atoms in total. The number of aliphatic hydroxyl groups excluding tert-OH is 1. The summed E-state index contributed by atoms with van der Waals surface area (Å²) in [5, 5.41) is 9.70. The minimum atomic E-state index is -0.141. The predicted molar refractivity (Wildman–Crippen MR) is 85.1 cm³/mol. The van der Waals surface area contributed by atoms with Crippen LogP contribution in [0.5, 0.6) is 11.6 Å². The molecule has 0 unspecified atom stereocenters. The summed E-state index contributed by atoms with van der Waals surface area (Å²) >= 11 is 5.95. The van der Waals surface area contributed by atoms with Gasteiger partial charge in [-0.3, -0.25) is 0 Å². The molecule has 0 aliphatic rings. The maximum atomic E-state index is 9.27. The predicted octanol–water partition coefficient (Wildman–Crippen LogP) is 4.63. The Kier molecular flexibility index (Phi) is 4.55. The summed E-state index contributed by atoms with van der Waals surface area (Å²) < 4.78 is 5.93. The van der Waals surface area contributed by atoms with Gasteiger partial charge in [-0.1, -0.05) is 44.5 Å². The van der Waals surface area contributed by atoms with Crippen molar-refractivity contribution in [1.82, 2.24) is 4.98 Å². The third-order valence-electron chi connectivity index (χ3n) is 3.24. The fourth-order valence-corrected chi connectivity index (χ4v) is 2.24. The lowest BCUT2D eigenvalue weighted by Crippen LogP contribution is -2.12. The second-order valence-electron chi connectivity index (χ2n) is 6.12. The van der Waals surface area contributed by atoms with Crippen LogP contribution in [-0.4, -0.2) is 10.1 Å². The summed E-state index contributed by atoms with van der Waals surface area (Å²) in [5.41, 5.74) is 2.80. The van der Waals surface area contributed by atoms with Crippen LogP contribution in [-0.2, 0) is 12.0 Å². The van der Waals surface area contributed by atoms with Crippen molar-refractivity contribution < 1.29 is 9.84 Å². The highest BCUT2D eigenvalue weighted by Gasteiger charge is 2.19. The van der Waals surface area contributed by atoms with E-state index in [4.69, 9.17) is 16.3 Å². The van der Waals surface area contributed by atoms with Crippen molar-refractivity contribution in [1.29, 1.82) is 0 Å². The minimum Gasteiger partial charge on any atom is -0.439 e. The molecule has 2 aromatic rings. The van der Waals surface area contributed by atoms with Gasteiger partial charge in [-0.15, -0.1) is 0 Å². The van der Waals surface area contributed by atoms with E-state index in [1.807, 2.05) is 13.0 Å². The number of aryl methyl sites for hydroxylation is 1. The molecule has 0 saturated heterocycles. The van der Waals surface area contributed by atoms with E-state index in [1.165, 1.54) is 6.20 Å². The van der Waals surface area contributed by atoms with Crippen molar-refractivity contribution in [2.24, 2.45) is 0 Å². The summed E-state index contributed by atoms with van der Waals surface area (Å²) in [5.74, 6) is 1.21. The van der Waals surface area contributed by atoms with E-state index < -0.39 is 0 Å². The van der Waals surface area contributed by atoms with Crippen LogP contribution < -0.4 is 4.74 Å². The molecule has 1 N–H and O–H groups in total. The Bertz CT molecular complexity index is 648. The van der Waals surface area contributed by atoms with Crippen LogP contribution in [0.1, 0.15) is 37.5 Å². The molecule has 0 radical (unpaired) electrons. The van der Waals surface area contributed by atoms with Gasteiger partial charge in [0, 0.05) is 23.4 Å². The van der Waals surface area contributed by atoms with Gasteiger partial charge in [-0.2, -0.15) is 0 Å². The smallest absolute Gasteiger partial charge is 0.219 e. The van der Waals surface area contributed by atoms with Crippen molar-refractivity contribution >= 4 is 11.6 Å². The number of aromatic nitrogens is 1. The molecule has 0 bridgehead atoms. The van der Waals surface area contributed by atoms with Crippen LogP contribution in [0.2, 0.25) is 5.02 Å². The first-order chi connectivity index (χ1) is 9.81. The normalized spacial score (nSPS) is 11.5. The molecule has 4 heteroatoms. The Labute approximate surface area is 130 Å². The summed E-state index contributed by atoms with van der Waals surface area (Å²) in [6.07, 6.45) is 1.50. The molecule has 0 fully saturated rings. The largest absolute Gasteiger partial charge is 0.439 e. The van der Waals surface area contributed by atoms with Gasteiger partial charge in [-0.25, -0.2) is 4.98 Å². The molecule has 0 aliphatic carbocycles. The Hall–Kier alpha value is -1.58. The van der Waals surface area contributed by atoms with Crippen LogP contribution in [0.25, 0.3) is 0 Å². The fraction of sp³-hybridized carbons (Fsp3) is 0.353. The Balaban J connectivity index is 2.41. The van der Waals surface area contributed by atoms with Gasteiger partial charge in [0.2, 0.25) is 5.88 Å². The van der Waals surface area contributed by atoms with E-state index in [0.29, 0.717) is 16.5 Å². The second-order valence-corrected chi connectivity index (χ2v) is 6.53. The van der Waals surface area contributed by atoms with Crippen molar-refractivity contribution in [3.05, 3.63) is 52.2 Å². The van der Waals surface area contributed by atoms with E-state index in [0.717, 1.165) is 16.9 Å². The van der Waals surface area contributed by atoms with Gasteiger partial charge in [-0.05, 0) is 24.0 Å². The van der Waals surface area contributed by atoms with Crippen LogP contribution in [0.4, 0.5) is 0 Å². The zero-order valence-corrected chi connectivity index (χ0v) is 13.5. The number of rotatable bonds is 3. The molecule has 112 valence electrons. The number of benzene rings is 1. The standard InChI is InChI=1S/C17H20ClNO2/c1-11-5-6-13(17(2,3)4)15(7-11)21-16-8-12(10-20)14(18)9-19-16/h5-9,20H,10H2,1-4H3. The van der Waals surface area contributed by atoms with Gasteiger partial charge in [0.25, 0.3) is 0 Å². The third kappa shape index (κ3) is 3.74. The Morgan fingerprint density at radius 1 is 1.24 bits per heavy atom. The Morgan fingerprint density at radius 2 is 1.95 bits per heavy atom. The topological polar surface area (TPSA) is 42.4 Å². The summed E-state index contributed by atoms with van der Waals surface area (Å²) in [4.78, 5) is 4.17. The van der Waals surface area contributed by atoms with Crippen molar-refractivity contribution in [3.8, 4) is 11.6 Å². The van der Waals surface area contributed by atoms with Crippen molar-refractivity contribution in [2.45, 2.75) is 39.7 Å². The molecular weight excluding hydrogens is 286 g/mol. The maximum absolute atomic E-state index is 9.27. The lowest BCUT2D eigenvalue weighted by atomic mass is 9.86. The molecule has 0 atom stereocenters. The third-order valence-corrected chi connectivity index (χ3v) is 3.58. The molecule has 0 spiro atoms. The Morgan fingerprint density at radius 3 is 2.57 bits per heavy atom. The average molecular weight is 306 g/mol. The van der Waals surface area contributed by atoms with Gasteiger partial charge >= 0.3 is 0 Å². The number of halogens is 1. The zero-order valence-electron chi connectivity index (χ0n) is 12.8. The first-order valence-corrected chi connectivity index (χ1v) is 7.23. The van der Waals surface area contributed by atoms with Crippen molar-refractivity contribution in [3.63, 3.8) is 0 Å². The molecule has 1 heterocycles. The number of pyridine rings is 1. The highest BCUT2D eigenvalue weighted by Crippen LogP contribution is 2.35. The van der Waals surface area contributed by atoms with E-state index in [-0.39, 0.29) is 12.0 Å². The fourth-order valence-electron chi connectivity index (χ4n) is 2.08. The lowest BCUT2D eigenvalue weighted by Gasteiger charge is -2.23. The van der Waals surface area contributed by atoms with Gasteiger partial charge < -0.3 is 9.84 Å². The molecule has 2 rings (SSSR count). The molecule has 21 heavy (non-hydrogen) atoms. The quantitative estimate of drug-likeness (QED) is 0.899. The highest BCUT2D eigenvalue weighted by molar-refractivity contribution is 6.31. The lowest BCUT2D eigenvalue weighted by molar-refractivity contribution is 0.281. The highest BCUT2D eigenvalue weighted by atomic mass is 35.5. The van der Waals surface area contributed by atoms with Gasteiger partial charge in [0.1, 0.15) is 5.75 Å². The monoisotopic (exact) mass is 305 g/mol. The van der Waals surface area contributed by atoms with Crippen LogP contribution in [0, 0.1) is 6.92 Å². The first-order valence-electron chi connectivity index (χ1n) is 6.85. The van der Waals surface area contributed by atoms with E-state index in [9.17, 15) is 5.11 Å². The minimum absolute atomic E-state index is 0.0325. The number of ether oxygens (including phenoxy) is 1. The molecule has 1 aromatic heterocycles. The summed E-state index contributed by atoms with van der Waals surface area (Å²) in [7, 11) is 0. The van der Waals surface area contributed by atoms with Crippen LogP contribution in [0.3, 0.4) is 0 Å². The molecule has 0 saturated carbocycles. The van der Waals surface area contributed by atoms with E-state index in [1.54, 1.807) is 6.07 Å².